The van der Waals surface area contributed by atoms with Gasteiger partial charge in [-0.3, -0.25) is 9.69 Å². The fourth-order valence-corrected chi connectivity index (χ4v) is 3.25. The summed E-state index contributed by atoms with van der Waals surface area (Å²) in [5.74, 6) is -0.177. The molecule has 1 saturated carbocycles. The maximum Gasteiger partial charge on any atom is 0.451 e. The van der Waals surface area contributed by atoms with Crippen molar-refractivity contribution in [3.8, 4) is 5.75 Å². The van der Waals surface area contributed by atoms with Crippen molar-refractivity contribution >= 4 is 13.1 Å². The first kappa shape index (κ1) is 21.7. The molecule has 27 heavy (non-hydrogen) atoms. The van der Waals surface area contributed by atoms with Crippen LogP contribution in [0.15, 0.2) is 24.3 Å². The van der Waals surface area contributed by atoms with E-state index < -0.39 is 18.6 Å². The number of unbranched alkanes of at least 4 members (excludes halogenated alkanes) is 1. The van der Waals surface area contributed by atoms with Crippen LogP contribution >= 0.6 is 0 Å². The van der Waals surface area contributed by atoms with E-state index in [0.29, 0.717) is 38.3 Å². The fourth-order valence-electron chi connectivity index (χ4n) is 3.25. The molecule has 2 rings (SSSR count). The average Bonchev–Trinajstić information content (AvgIpc) is 3.47. The average molecular weight is 378 g/mol. The Balaban J connectivity index is 1.90. The lowest BCUT2D eigenvalue weighted by molar-refractivity contribution is -0.144. The number of hydrogen-bond acceptors (Lipinski definition) is 6. The highest BCUT2D eigenvalue weighted by Crippen LogP contribution is 2.30. The standard InChI is InChI=1S/C19H31BN2O5/c1-27-17-8-4-15(5-9-17)14-22(16-6-7-16)13-11-19(21,18(23)24)10-2-3-12-20(25)26/h4-5,8-9,16,25-26H,2-3,6-7,10-14,21H2,1H3,(H,23,24). The van der Waals surface area contributed by atoms with Crippen molar-refractivity contribution in [1.82, 2.24) is 4.90 Å². The highest BCUT2D eigenvalue weighted by atomic mass is 16.5. The van der Waals surface area contributed by atoms with Gasteiger partial charge in [0.1, 0.15) is 11.3 Å². The second-order valence-corrected chi connectivity index (χ2v) is 7.49. The molecule has 1 fully saturated rings. The van der Waals surface area contributed by atoms with Crippen LogP contribution in [0, 0.1) is 0 Å². The molecule has 0 radical (unpaired) electrons. The number of carboxylic acid groups (broad SMARTS) is 1. The van der Waals surface area contributed by atoms with E-state index in [1.54, 1.807) is 7.11 Å². The first-order valence-electron chi connectivity index (χ1n) is 9.59. The summed E-state index contributed by atoms with van der Waals surface area (Å²) in [6, 6.07) is 8.42. The Hall–Kier alpha value is -1.61. The molecule has 1 aromatic rings. The molecule has 0 aromatic heterocycles. The minimum atomic E-state index is -1.35. The zero-order valence-corrected chi connectivity index (χ0v) is 16.0. The molecular formula is C19H31BN2O5. The summed E-state index contributed by atoms with van der Waals surface area (Å²) in [6.07, 6.45) is 4.31. The van der Waals surface area contributed by atoms with E-state index in [4.69, 9.17) is 20.5 Å². The summed E-state index contributed by atoms with van der Waals surface area (Å²) in [5, 5.41) is 27.4. The minimum Gasteiger partial charge on any atom is -0.497 e. The first-order chi connectivity index (χ1) is 12.8. The molecule has 0 aliphatic heterocycles. The van der Waals surface area contributed by atoms with Crippen LogP contribution in [0.1, 0.15) is 44.1 Å². The summed E-state index contributed by atoms with van der Waals surface area (Å²) < 4.78 is 5.19. The van der Waals surface area contributed by atoms with Gasteiger partial charge in [-0.15, -0.1) is 0 Å². The Kier molecular flexibility index (Phi) is 8.10. The fraction of sp³-hybridized carbons (Fsp3) is 0.632. The summed E-state index contributed by atoms with van der Waals surface area (Å²) in [7, 11) is 0.288. The van der Waals surface area contributed by atoms with Gasteiger partial charge in [-0.05, 0) is 49.7 Å². The zero-order chi connectivity index (χ0) is 19.9. The molecule has 1 aromatic carbocycles. The summed E-state index contributed by atoms with van der Waals surface area (Å²) >= 11 is 0. The van der Waals surface area contributed by atoms with E-state index in [1.807, 2.05) is 24.3 Å². The predicted octanol–water partition coefficient (Wildman–Crippen LogP) is 1.47. The third-order valence-electron chi connectivity index (χ3n) is 5.21. The van der Waals surface area contributed by atoms with Gasteiger partial charge in [0.15, 0.2) is 0 Å². The Bertz CT molecular complexity index is 594. The number of benzene rings is 1. The number of rotatable bonds is 13. The van der Waals surface area contributed by atoms with Gasteiger partial charge in [0, 0.05) is 19.1 Å². The second kappa shape index (κ2) is 10.1. The topological polar surface area (TPSA) is 116 Å². The second-order valence-electron chi connectivity index (χ2n) is 7.49. The molecule has 0 amide bonds. The van der Waals surface area contributed by atoms with Crippen LogP contribution in [-0.4, -0.2) is 58.4 Å². The van der Waals surface area contributed by atoms with Crippen LogP contribution in [0.2, 0.25) is 6.32 Å². The van der Waals surface area contributed by atoms with Crippen molar-refractivity contribution in [2.24, 2.45) is 5.73 Å². The molecule has 5 N–H and O–H groups in total. The number of nitrogens with two attached hydrogens (primary N) is 1. The quantitative estimate of drug-likeness (QED) is 0.303. The van der Waals surface area contributed by atoms with Crippen LogP contribution < -0.4 is 10.5 Å². The van der Waals surface area contributed by atoms with E-state index in [2.05, 4.69) is 4.90 Å². The molecule has 0 saturated heterocycles. The van der Waals surface area contributed by atoms with Gasteiger partial charge in [0.25, 0.3) is 0 Å². The molecule has 1 unspecified atom stereocenters. The Morgan fingerprint density at radius 1 is 1.26 bits per heavy atom. The maximum atomic E-state index is 11.7. The Morgan fingerprint density at radius 3 is 2.44 bits per heavy atom. The van der Waals surface area contributed by atoms with Gasteiger partial charge in [0.05, 0.1) is 7.11 Å². The van der Waals surface area contributed by atoms with Gasteiger partial charge < -0.3 is 25.6 Å². The van der Waals surface area contributed by atoms with E-state index in [1.165, 1.54) is 0 Å². The molecule has 1 aliphatic carbocycles. The van der Waals surface area contributed by atoms with Crippen molar-refractivity contribution in [1.29, 1.82) is 0 Å². The van der Waals surface area contributed by atoms with Crippen LogP contribution in [0.3, 0.4) is 0 Å². The molecule has 0 bridgehead atoms. The lowest BCUT2D eigenvalue weighted by atomic mass is 9.81. The summed E-state index contributed by atoms with van der Waals surface area (Å²) in [4.78, 5) is 14.0. The first-order valence-corrected chi connectivity index (χ1v) is 9.59. The molecular weight excluding hydrogens is 347 g/mol. The number of hydrogen-bond donors (Lipinski definition) is 4. The number of aliphatic carboxylic acids is 1. The van der Waals surface area contributed by atoms with Gasteiger partial charge >= 0.3 is 13.1 Å². The number of ether oxygens (including phenoxy) is 1. The van der Waals surface area contributed by atoms with Crippen molar-refractivity contribution in [3.63, 3.8) is 0 Å². The van der Waals surface area contributed by atoms with Gasteiger partial charge in [-0.2, -0.15) is 0 Å². The van der Waals surface area contributed by atoms with E-state index in [9.17, 15) is 9.90 Å². The van der Waals surface area contributed by atoms with Crippen LogP contribution in [0.5, 0.6) is 5.75 Å². The SMILES string of the molecule is COc1ccc(CN(CCC(N)(CCCCB(O)O)C(=O)O)C2CC2)cc1. The zero-order valence-electron chi connectivity index (χ0n) is 16.0. The maximum absolute atomic E-state index is 11.7. The van der Waals surface area contributed by atoms with Crippen molar-refractivity contribution in [2.45, 2.75) is 63.0 Å². The highest BCUT2D eigenvalue weighted by Gasteiger charge is 2.36. The van der Waals surface area contributed by atoms with Crippen LogP contribution in [-0.2, 0) is 11.3 Å². The number of carboxylic acids is 1. The van der Waals surface area contributed by atoms with Gasteiger partial charge in [0.2, 0.25) is 0 Å². The Morgan fingerprint density at radius 2 is 1.93 bits per heavy atom. The lowest BCUT2D eigenvalue weighted by Crippen LogP contribution is -2.50. The molecule has 1 atom stereocenters. The molecule has 150 valence electrons. The minimum absolute atomic E-state index is 0.237. The predicted molar refractivity (Wildman–Crippen MR) is 104 cm³/mol. The lowest BCUT2D eigenvalue weighted by Gasteiger charge is -2.29. The largest absolute Gasteiger partial charge is 0.497 e. The van der Waals surface area contributed by atoms with E-state index in [0.717, 1.165) is 30.7 Å². The molecule has 0 heterocycles. The monoisotopic (exact) mass is 378 g/mol. The van der Waals surface area contributed by atoms with Crippen LogP contribution in [0.4, 0.5) is 0 Å². The molecule has 8 heteroatoms. The third-order valence-corrected chi connectivity index (χ3v) is 5.21. The van der Waals surface area contributed by atoms with Gasteiger partial charge in [-0.1, -0.05) is 25.0 Å². The van der Waals surface area contributed by atoms with E-state index >= 15 is 0 Å². The summed E-state index contributed by atoms with van der Waals surface area (Å²) in [6.45, 7) is 1.39. The van der Waals surface area contributed by atoms with Crippen molar-refractivity contribution < 1.29 is 24.7 Å². The molecule has 1 aliphatic rings. The van der Waals surface area contributed by atoms with Crippen LogP contribution in [0.25, 0.3) is 0 Å². The Labute approximate surface area is 161 Å². The number of carbonyl (C=O) groups is 1. The molecule has 7 nitrogen and oxygen atoms in total. The highest BCUT2D eigenvalue weighted by molar-refractivity contribution is 6.40. The van der Waals surface area contributed by atoms with Crippen molar-refractivity contribution in [2.75, 3.05) is 13.7 Å². The van der Waals surface area contributed by atoms with Crippen molar-refractivity contribution in [3.05, 3.63) is 29.8 Å². The smallest absolute Gasteiger partial charge is 0.451 e. The normalized spacial score (nSPS) is 16.2. The number of methoxy groups -OCH3 is 1. The number of nitrogens with zero attached hydrogens (tertiary/aromatic N) is 1. The summed E-state index contributed by atoms with van der Waals surface area (Å²) in [5.41, 5.74) is 6.07. The molecule has 0 spiro atoms. The van der Waals surface area contributed by atoms with Gasteiger partial charge in [-0.25, -0.2) is 0 Å². The third kappa shape index (κ3) is 7.14. The van der Waals surface area contributed by atoms with E-state index in [-0.39, 0.29) is 6.32 Å².